The van der Waals surface area contributed by atoms with Crippen molar-refractivity contribution in [3.05, 3.63) is 81.1 Å². The monoisotopic (exact) mass is 661 g/mol. The van der Waals surface area contributed by atoms with E-state index in [4.69, 9.17) is 28.5 Å². The molecule has 4 aromatic rings. The number of piperidine rings is 1. The number of guanidine groups is 1. The highest BCUT2D eigenvalue weighted by Gasteiger charge is 2.27. The Morgan fingerprint density at radius 1 is 1.19 bits per heavy atom. The highest BCUT2D eigenvalue weighted by Crippen LogP contribution is 2.32. The number of hydrogen-bond acceptors (Lipinski definition) is 6. The maximum atomic E-state index is 15.2. The minimum absolute atomic E-state index is 0.0202. The third-order valence-electron chi connectivity index (χ3n) is 9.42. The summed E-state index contributed by atoms with van der Waals surface area (Å²) in [6.07, 6.45) is 9.57. The van der Waals surface area contributed by atoms with Crippen molar-refractivity contribution >= 4 is 28.6 Å². The molecule has 0 radical (unpaired) electrons. The van der Waals surface area contributed by atoms with Crippen molar-refractivity contribution in [2.75, 3.05) is 19.6 Å². The number of H-pyrrole nitrogens is 1. The first kappa shape index (κ1) is 33.1. The van der Waals surface area contributed by atoms with E-state index in [1.165, 1.54) is 11.0 Å². The van der Waals surface area contributed by atoms with E-state index in [0.717, 1.165) is 75.7 Å². The molecule has 0 amide bonds. The zero-order valence-electron chi connectivity index (χ0n) is 26.9. The topological polar surface area (TPSA) is 154 Å². The summed E-state index contributed by atoms with van der Waals surface area (Å²) in [6.45, 7) is 5.08. The Morgan fingerprint density at radius 2 is 1.98 bits per heavy atom. The molecule has 2 saturated heterocycles. The summed E-state index contributed by atoms with van der Waals surface area (Å²) >= 11 is 6.28. The van der Waals surface area contributed by atoms with Gasteiger partial charge >= 0.3 is 5.69 Å². The van der Waals surface area contributed by atoms with E-state index in [-0.39, 0.29) is 29.1 Å². The Labute approximate surface area is 279 Å². The molecule has 2 fully saturated rings. The second-order valence-corrected chi connectivity index (χ2v) is 13.7. The molecule has 10 nitrogen and oxygen atoms in total. The number of nitrogens with one attached hydrogen (secondary N) is 4. The van der Waals surface area contributed by atoms with Crippen molar-refractivity contribution < 1.29 is 4.39 Å². The molecule has 4 heterocycles. The fourth-order valence-corrected chi connectivity index (χ4v) is 7.13. The van der Waals surface area contributed by atoms with Crippen LogP contribution < -0.4 is 27.8 Å². The van der Waals surface area contributed by atoms with Crippen LogP contribution >= 0.6 is 11.6 Å². The number of aromatic amines is 1. The first-order chi connectivity index (χ1) is 22.6. The molecule has 8 N–H and O–H groups in total. The molecule has 2 aliphatic rings. The summed E-state index contributed by atoms with van der Waals surface area (Å²) in [7, 11) is 0. The van der Waals surface area contributed by atoms with Gasteiger partial charge in [-0.25, -0.2) is 9.18 Å². The highest BCUT2D eigenvalue weighted by atomic mass is 35.5. The Hall–Kier alpha value is -3.77. The fourth-order valence-electron chi connectivity index (χ4n) is 6.89. The van der Waals surface area contributed by atoms with Crippen molar-refractivity contribution in [3.8, 4) is 16.9 Å². The molecule has 12 heteroatoms. The van der Waals surface area contributed by atoms with Crippen LogP contribution in [-0.4, -0.2) is 63.2 Å². The normalized spacial score (nSPS) is 19.7. The summed E-state index contributed by atoms with van der Waals surface area (Å²) in [4.78, 5) is 22.9. The summed E-state index contributed by atoms with van der Waals surface area (Å²) in [5, 5.41) is 15.5. The lowest BCUT2D eigenvalue weighted by Gasteiger charge is -2.38. The number of aryl methyl sites for hydroxylation is 1. The third-order valence-corrected chi connectivity index (χ3v) is 9.70. The summed E-state index contributed by atoms with van der Waals surface area (Å²) in [6, 6.07) is 14.0. The molecule has 2 aromatic carbocycles. The van der Waals surface area contributed by atoms with Crippen LogP contribution in [0.5, 0.6) is 0 Å². The molecular formula is C35H45ClFN9O. The molecule has 6 rings (SSSR count). The van der Waals surface area contributed by atoms with Crippen LogP contribution in [0.15, 0.2) is 53.5 Å². The number of aromatic nitrogens is 3. The molecular weight excluding hydrogens is 617 g/mol. The molecule has 0 bridgehead atoms. The number of fused-ring (bicyclic) bond motifs is 1. The van der Waals surface area contributed by atoms with Gasteiger partial charge in [-0.3, -0.25) is 9.98 Å². The lowest BCUT2D eigenvalue weighted by atomic mass is 9.90. The van der Waals surface area contributed by atoms with Crippen LogP contribution in [0.25, 0.3) is 28.0 Å². The molecule has 4 atom stereocenters. The quantitative estimate of drug-likeness (QED) is 0.0925. The first-order valence-electron chi connectivity index (χ1n) is 16.7. The summed E-state index contributed by atoms with van der Waals surface area (Å²) < 4.78 is 16.7. The van der Waals surface area contributed by atoms with Crippen molar-refractivity contribution in [2.24, 2.45) is 11.5 Å². The number of nitrogens with zero attached hydrogens (tertiary/aromatic N) is 3. The average molecular weight is 662 g/mol. The van der Waals surface area contributed by atoms with Crippen LogP contribution in [0.2, 0.25) is 5.02 Å². The third kappa shape index (κ3) is 8.03. The zero-order valence-corrected chi connectivity index (χ0v) is 27.6. The number of benzene rings is 2. The number of halogens is 2. The van der Waals surface area contributed by atoms with E-state index < -0.39 is 11.5 Å². The molecule has 0 saturated carbocycles. The van der Waals surface area contributed by atoms with Crippen molar-refractivity contribution in [2.45, 2.75) is 82.5 Å². The van der Waals surface area contributed by atoms with E-state index in [1.807, 2.05) is 19.1 Å². The highest BCUT2D eigenvalue weighted by molar-refractivity contribution is 6.31. The van der Waals surface area contributed by atoms with Crippen LogP contribution in [0.3, 0.4) is 0 Å². The van der Waals surface area contributed by atoms with Gasteiger partial charge in [0, 0.05) is 47.9 Å². The maximum absolute atomic E-state index is 15.2. The Balaban J connectivity index is 1.17. The second kappa shape index (κ2) is 14.6. The lowest BCUT2D eigenvalue weighted by molar-refractivity contribution is 0.156. The summed E-state index contributed by atoms with van der Waals surface area (Å²) in [5.41, 5.74) is 15.2. The van der Waals surface area contributed by atoms with Gasteiger partial charge in [-0.2, -0.15) is 4.98 Å². The predicted molar refractivity (Wildman–Crippen MR) is 187 cm³/mol. The van der Waals surface area contributed by atoms with Gasteiger partial charge in [-0.05, 0) is 106 Å². The Kier molecular flexibility index (Phi) is 10.3. The first-order valence-corrected chi connectivity index (χ1v) is 17.1. The van der Waals surface area contributed by atoms with Gasteiger partial charge in [0.05, 0.1) is 16.4 Å². The van der Waals surface area contributed by atoms with E-state index in [9.17, 15) is 4.79 Å². The zero-order chi connectivity index (χ0) is 33.1. The minimum Gasteiger partial charge on any atom is -0.370 e. The van der Waals surface area contributed by atoms with Crippen molar-refractivity contribution in [3.63, 3.8) is 0 Å². The van der Waals surface area contributed by atoms with Crippen molar-refractivity contribution in [1.29, 1.82) is 5.41 Å². The Bertz CT molecular complexity index is 1770. The average Bonchev–Trinajstić information content (AvgIpc) is 3.42. The molecule has 0 unspecified atom stereocenters. The second-order valence-electron chi connectivity index (χ2n) is 13.3. The van der Waals surface area contributed by atoms with Gasteiger partial charge in [-0.15, -0.1) is 0 Å². The maximum Gasteiger partial charge on any atom is 0.354 e. The lowest BCUT2D eigenvalue weighted by Crippen LogP contribution is -2.52. The SMILES string of the molecule is C[C@H](N)CCCc1cc(Cl)c(F)c(-c2cc3cn(-c4ccc([C@@H]5CCC[C@@H](C[C@@H](CN6CCC6)NC(=N)N)N5)cc4)c(=O)nc3[nH]2)c1. The van der Waals surface area contributed by atoms with Gasteiger partial charge in [0.15, 0.2) is 11.8 Å². The van der Waals surface area contributed by atoms with E-state index in [2.05, 4.69) is 37.6 Å². The van der Waals surface area contributed by atoms with Gasteiger partial charge < -0.3 is 32.0 Å². The Morgan fingerprint density at radius 3 is 2.68 bits per heavy atom. The number of likely N-dealkylation sites (tertiary alicyclic amines) is 1. The van der Waals surface area contributed by atoms with Crippen LogP contribution in [0, 0.1) is 11.2 Å². The van der Waals surface area contributed by atoms with Crippen LogP contribution in [-0.2, 0) is 6.42 Å². The summed E-state index contributed by atoms with van der Waals surface area (Å²) in [5.74, 6) is -0.493. The van der Waals surface area contributed by atoms with E-state index >= 15 is 4.39 Å². The van der Waals surface area contributed by atoms with Crippen molar-refractivity contribution in [1.82, 2.24) is 30.1 Å². The smallest absolute Gasteiger partial charge is 0.354 e. The molecule has 250 valence electrons. The van der Waals surface area contributed by atoms with Gasteiger partial charge in [0.25, 0.3) is 0 Å². The molecule has 2 aromatic heterocycles. The van der Waals surface area contributed by atoms with Crippen LogP contribution in [0.1, 0.15) is 69.0 Å². The standard InChI is InChI=1S/C35H45ClFN9O/c1-21(38)5-2-6-22-15-28(32(37)29(36)16-22)31-17-24-19-46(35(47)44-33(24)43-31)27-11-9-23(10-12-27)30-8-3-7-25(41-30)18-26(42-34(39)40)20-45-13-4-14-45/h9-12,15-17,19,21,25-26,30,41H,2-8,13-14,18,20,38H2,1H3,(H4,39,40,42)(H,43,44,47)/t21-,25-,26-,30-/m0/s1. The molecule has 0 aliphatic carbocycles. The molecule has 0 spiro atoms. The van der Waals surface area contributed by atoms with E-state index in [0.29, 0.717) is 34.0 Å². The largest absolute Gasteiger partial charge is 0.370 e. The molecule has 47 heavy (non-hydrogen) atoms. The number of rotatable bonds is 12. The van der Waals surface area contributed by atoms with Gasteiger partial charge in [0.2, 0.25) is 0 Å². The molecule has 2 aliphatic heterocycles. The number of nitrogens with two attached hydrogens (primary N) is 2. The fraction of sp³-hybridized carbons (Fsp3) is 0.457. The number of hydrogen-bond donors (Lipinski definition) is 6. The van der Waals surface area contributed by atoms with Gasteiger partial charge in [0.1, 0.15) is 5.65 Å². The van der Waals surface area contributed by atoms with Crippen LogP contribution in [0.4, 0.5) is 4.39 Å². The van der Waals surface area contributed by atoms with Gasteiger partial charge in [-0.1, -0.05) is 30.2 Å². The van der Waals surface area contributed by atoms with E-state index in [1.54, 1.807) is 24.4 Å². The minimum atomic E-state index is -0.514. The predicted octanol–water partition coefficient (Wildman–Crippen LogP) is 4.97.